The highest BCUT2D eigenvalue weighted by molar-refractivity contribution is 5.93. The van der Waals surface area contributed by atoms with Gasteiger partial charge in [0.05, 0.1) is 7.11 Å². The molecule has 8 nitrogen and oxygen atoms in total. The van der Waals surface area contributed by atoms with E-state index in [1.165, 1.54) is 6.92 Å². The summed E-state index contributed by atoms with van der Waals surface area (Å²) < 4.78 is 10.8. The van der Waals surface area contributed by atoms with Crippen molar-refractivity contribution in [2.24, 2.45) is 0 Å². The number of ether oxygens (including phenoxy) is 1. The van der Waals surface area contributed by atoms with E-state index >= 15 is 0 Å². The van der Waals surface area contributed by atoms with E-state index in [2.05, 4.69) is 20.8 Å². The lowest BCUT2D eigenvalue weighted by Gasteiger charge is -2.07. The lowest BCUT2D eigenvalue weighted by molar-refractivity contribution is -0.116. The molecular formula is C20H20N4O4. The molecule has 0 aliphatic rings. The number of carbonyl (C=O) groups is 2. The van der Waals surface area contributed by atoms with Gasteiger partial charge in [-0.25, -0.2) is 0 Å². The van der Waals surface area contributed by atoms with Crippen LogP contribution in [0, 0.1) is 0 Å². The predicted molar refractivity (Wildman–Crippen MR) is 104 cm³/mol. The molecule has 0 saturated heterocycles. The number of anilines is 2. The van der Waals surface area contributed by atoms with E-state index in [4.69, 9.17) is 9.15 Å². The van der Waals surface area contributed by atoms with E-state index in [0.717, 1.165) is 5.56 Å². The minimum absolute atomic E-state index is 0.174. The Balaban J connectivity index is 1.56. The van der Waals surface area contributed by atoms with Gasteiger partial charge >= 0.3 is 0 Å². The van der Waals surface area contributed by atoms with Crippen LogP contribution in [0.15, 0.2) is 52.9 Å². The first kappa shape index (κ1) is 19.1. The van der Waals surface area contributed by atoms with Crippen molar-refractivity contribution in [3.05, 3.63) is 54.4 Å². The van der Waals surface area contributed by atoms with Crippen molar-refractivity contribution in [1.29, 1.82) is 0 Å². The second-order valence-corrected chi connectivity index (χ2v) is 6.04. The summed E-state index contributed by atoms with van der Waals surface area (Å²) >= 11 is 0. The van der Waals surface area contributed by atoms with Gasteiger partial charge in [0.1, 0.15) is 5.75 Å². The molecule has 8 heteroatoms. The Bertz CT molecular complexity index is 984. The minimum Gasteiger partial charge on any atom is -0.497 e. The average molecular weight is 380 g/mol. The van der Waals surface area contributed by atoms with Crippen molar-refractivity contribution in [2.45, 2.75) is 19.8 Å². The van der Waals surface area contributed by atoms with E-state index in [1.807, 2.05) is 18.2 Å². The molecule has 28 heavy (non-hydrogen) atoms. The summed E-state index contributed by atoms with van der Waals surface area (Å²) in [5, 5.41) is 13.5. The second kappa shape index (κ2) is 8.81. The molecule has 2 amide bonds. The van der Waals surface area contributed by atoms with Gasteiger partial charge < -0.3 is 19.8 Å². The van der Waals surface area contributed by atoms with E-state index < -0.39 is 0 Å². The van der Waals surface area contributed by atoms with E-state index in [1.54, 1.807) is 37.4 Å². The number of benzene rings is 2. The second-order valence-electron chi connectivity index (χ2n) is 6.04. The summed E-state index contributed by atoms with van der Waals surface area (Å²) in [5.74, 6) is 1.07. The zero-order chi connectivity index (χ0) is 19.9. The topological polar surface area (TPSA) is 106 Å². The van der Waals surface area contributed by atoms with Gasteiger partial charge in [-0.05, 0) is 36.4 Å². The summed E-state index contributed by atoms with van der Waals surface area (Å²) in [7, 11) is 1.59. The Kier molecular flexibility index (Phi) is 6.01. The van der Waals surface area contributed by atoms with Crippen LogP contribution in [0.25, 0.3) is 11.5 Å². The van der Waals surface area contributed by atoms with Crippen molar-refractivity contribution in [3.8, 4) is 17.2 Å². The van der Waals surface area contributed by atoms with Crippen molar-refractivity contribution in [1.82, 2.24) is 10.2 Å². The van der Waals surface area contributed by atoms with E-state index in [9.17, 15) is 9.59 Å². The number of nitrogens with zero attached hydrogens (tertiary/aromatic N) is 2. The number of methoxy groups -OCH3 is 1. The highest BCUT2D eigenvalue weighted by Crippen LogP contribution is 2.23. The normalized spacial score (nSPS) is 10.4. The third kappa shape index (κ3) is 5.16. The monoisotopic (exact) mass is 380 g/mol. The number of hydrogen-bond donors (Lipinski definition) is 2. The molecule has 3 aromatic rings. The van der Waals surface area contributed by atoms with Crippen molar-refractivity contribution in [2.75, 3.05) is 17.7 Å². The number of amides is 2. The van der Waals surface area contributed by atoms with Gasteiger partial charge in [0, 0.05) is 36.7 Å². The third-order valence-electron chi connectivity index (χ3n) is 3.82. The standard InChI is InChI=1S/C20H20N4O4/c1-13(25)21-15-6-4-7-16(12-15)22-18(26)9-10-19-23-24-20(28-19)14-5-3-8-17(11-14)27-2/h3-8,11-12H,9-10H2,1-2H3,(H,21,25)(H,22,26). The Morgan fingerprint density at radius 3 is 2.54 bits per heavy atom. The molecule has 3 rings (SSSR count). The van der Waals surface area contributed by atoms with Crippen LogP contribution in [-0.2, 0) is 16.0 Å². The highest BCUT2D eigenvalue weighted by atomic mass is 16.5. The summed E-state index contributed by atoms with van der Waals surface area (Å²) in [4.78, 5) is 23.3. The van der Waals surface area contributed by atoms with Gasteiger partial charge in [-0.2, -0.15) is 0 Å². The van der Waals surface area contributed by atoms with Crippen LogP contribution in [0.4, 0.5) is 11.4 Å². The van der Waals surface area contributed by atoms with Crippen LogP contribution < -0.4 is 15.4 Å². The molecule has 2 N–H and O–H groups in total. The fourth-order valence-corrected chi connectivity index (χ4v) is 2.55. The van der Waals surface area contributed by atoms with Crippen molar-refractivity contribution >= 4 is 23.2 Å². The van der Waals surface area contributed by atoms with Crippen LogP contribution in [0.2, 0.25) is 0 Å². The first-order valence-electron chi connectivity index (χ1n) is 8.68. The minimum atomic E-state index is -0.193. The fourth-order valence-electron chi connectivity index (χ4n) is 2.55. The Hall–Kier alpha value is -3.68. The van der Waals surface area contributed by atoms with Crippen LogP contribution in [-0.4, -0.2) is 29.1 Å². The molecule has 0 unspecified atom stereocenters. The van der Waals surface area contributed by atoms with E-state index in [-0.39, 0.29) is 18.2 Å². The number of aromatic nitrogens is 2. The van der Waals surface area contributed by atoms with Crippen molar-refractivity contribution < 1.29 is 18.7 Å². The molecule has 0 aliphatic carbocycles. The van der Waals surface area contributed by atoms with Gasteiger partial charge in [-0.1, -0.05) is 12.1 Å². The molecule has 0 radical (unpaired) electrons. The maximum Gasteiger partial charge on any atom is 0.247 e. The molecule has 0 spiro atoms. The van der Waals surface area contributed by atoms with Gasteiger partial charge in [-0.15, -0.1) is 10.2 Å². The Labute approximate surface area is 161 Å². The molecule has 144 valence electrons. The van der Waals surface area contributed by atoms with Crippen LogP contribution in [0.3, 0.4) is 0 Å². The van der Waals surface area contributed by atoms with Gasteiger partial charge in [-0.3, -0.25) is 9.59 Å². The Morgan fingerprint density at radius 2 is 1.79 bits per heavy atom. The zero-order valence-electron chi connectivity index (χ0n) is 15.6. The molecule has 1 heterocycles. The smallest absolute Gasteiger partial charge is 0.247 e. The number of hydrogen-bond acceptors (Lipinski definition) is 6. The molecular weight excluding hydrogens is 360 g/mol. The predicted octanol–water partition coefficient (Wildman–Crippen LogP) is 3.27. The summed E-state index contributed by atoms with van der Waals surface area (Å²) in [5.41, 5.74) is 1.96. The molecule has 2 aromatic carbocycles. The molecule has 0 saturated carbocycles. The van der Waals surface area contributed by atoms with Crippen molar-refractivity contribution in [3.63, 3.8) is 0 Å². The lowest BCUT2D eigenvalue weighted by atomic mass is 10.2. The molecule has 0 fully saturated rings. The lowest BCUT2D eigenvalue weighted by Crippen LogP contribution is -2.13. The summed E-state index contributed by atoms with van der Waals surface area (Å²) in [6.45, 7) is 1.43. The SMILES string of the molecule is COc1cccc(-c2nnc(CCC(=O)Nc3cccc(NC(C)=O)c3)o2)c1. The molecule has 0 aliphatic heterocycles. The zero-order valence-corrected chi connectivity index (χ0v) is 15.6. The number of aryl methyl sites for hydroxylation is 1. The number of nitrogens with one attached hydrogen (secondary N) is 2. The molecule has 0 atom stereocenters. The number of rotatable bonds is 7. The average Bonchev–Trinajstić information content (AvgIpc) is 3.15. The third-order valence-corrected chi connectivity index (χ3v) is 3.82. The molecule has 1 aromatic heterocycles. The summed E-state index contributed by atoms with van der Waals surface area (Å²) in [6.07, 6.45) is 0.498. The van der Waals surface area contributed by atoms with Gasteiger partial charge in [0.2, 0.25) is 23.6 Å². The maximum atomic E-state index is 12.2. The van der Waals surface area contributed by atoms with Gasteiger partial charge in [0.15, 0.2) is 0 Å². The largest absolute Gasteiger partial charge is 0.497 e. The first-order chi connectivity index (χ1) is 13.5. The van der Waals surface area contributed by atoms with Crippen LogP contribution in [0.1, 0.15) is 19.2 Å². The van der Waals surface area contributed by atoms with Crippen LogP contribution >= 0.6 is 0 Å². The number of carbonyl (C=O) groups excluding carboxylic acids is 2. The fraction of sp³-hybridized carbons (Fsp3) is 0.200. The Morgan fingerprint density at radius 1 is 1.04 bits per heavy atom. The van der Waals surface area contributed by atoms with Gasteiger partial charge in [0.25, 0.3) is 0 Å². The van der Waals surface area contributed by atoms with Crippen LogP contribution in [0.5, 0.6) is 5.75 Å². The van der Waals surface area contributed by atoms with E-state index in [0.29, 0.717) is 35.3 Å². The highest BCUT2D eigenvalue weighted by Gasteiger charge is 2.11. The molecule has 0 bridgehead atoms. The quantitative estimate of drug-likeness (QED) is 0.651. The maximum absolute atomic E-state index is 12.2. The first-order valence-corrected chi connectivity index (χ1v) is 8.68. The summed E-state index contributed by atoms with van der Waals surface area (Å²) in [6, 6.07) is 14.2.